The van der Waals surface area contributed by atoms with Gasteiger partial charge in [0.2, 0.25) is 0 Å². The summed E-state index contributed by atoms with van der Waals surface area (Å²) in [5.41, 5.74) is 9.25. The van der Waals surface area contributed by atoms with Crippen LogP contribution < -0.4 is 25.7 Å². The first-order valence-electron chi connectivity index (χ1n) is 15.3. The van der Waals surface area contributed by atoms with Gasteiger partial charge in [-0.05, 0) is 58.4 Å². The molecule has 3 atom stereocenters. The number of ketones is 1. The Balaban J connectivity index is 0.00000417. The van der Waals surface area contributed by atoms with Crippen LogP contribution in [0, 0.1) is 45.4 Å². The molecule has 0 aromatic carbocycles. The summed E-state index contributed by atoms with van der Waals surface area (Å²) in [5.74, 6) is -2.98. The summed E-state index contributed by atoms with van der Waals surface area (Å²) in [6.45, 7) is 16.0. The van der Waals surface area contributed by atoms with Gasteiger partial charge in [-0.15, -0.1) is 33.5 Å². The van der Waals surface area contributed by atoms with E-state index in [-0.39, 0.29) is 59.7 Å². The predicted octanol–water partition coefficient (Wildman–Crippen LogP) is 3.75. The van der Waals surface area contributed by atoms with Crippen LogP contribution in [0.2, 0.25) is 0 Å². The molecule has 0 N–H and O–H groups in total. The summed E-state index contributed by atoms with van der Waals surface area (Å²) < 4.78 is 10.4. The first kappa shape index (κ1) is 33.3. The monoisotopic (exact) mass is 628 g/mol. The van der Waals surface area contributed by atoms with Crippen LogP contribution in [0.5, 0.6) is 0 Å². The second-order valence-corrected chi connectivity index (χ2v) is 11.9. The first-order valence-corrected chi connectivity index (χ1v) is 15.3. The summed E-state index contributed by atoms with van der Waals surface area (Å²) in [7, 11) is 1.27. The molecule has 0 amide bonds. The van der Waals surface area contributed by atoms with E-state index in [2.05, 4.69) is 6.58 Å². The van der Waals surface area contributed by atoms with Gasteiger partial charge in [0, 0.05) is 12.0 Å². The van der Waals surface area contributed by atoms with Crippen molar-refractivity contribution in [3.05, 3.63) is 90.1 Å². The van der Waals surface area contributed by atoms with E-state index < -0.39 is 11.9 Å². The molecule has 0 radical (unpaired) electrons. The van der Waals surface area contributed by atoms with Crippen molar-refractivity contribution in [1.29, 1.82) is 0 Å². The summed E-state index contributed by atoms with van der Waals surface area (Å²) in [5, 5.41) is 6.65. The molecule has 1 saturated heterocycles. The largest absolute Gasteiger partial charge is 2.00 e. The zero-order chi connectivity index (χ0) is 32.3. The van der Waals surface area contributed by atoms with Gasteiger partial charge in [0.25, 0.3) is 0 Å². The maximum Gasteiger partial charge on any atom is 2.00 e. The van der Waals surface area contributed by atoms with Crippen LogP contribution in [-0.2, 0) is 19.1 Å². The third-order valence-corrected chi connectivity index (χ3v) is 9.54. The summed E-state index contributed by atoms with van der Waals surface area (Å²) in [6.07, 6.45) is 8.21. The molecular formula is C36H36MgN4O5-2. The van der Waals surface area contributed by atoms with Crippen LogP contribution >= 0.6 is 0 Å². The fourth-order valence-electron chi connectivity index (χ4n) is 6.78. The van der Waals surface area contributed by atoms with E-state index in [1.54, 1.807) is 13.0 Å². The van der Waals surface area contributed by atoms with Crippen LogP contribution in [0.4, 0.5) is 0 Å². The summed E-state index contributed by atoms with van der Waals surface area (Å²) in [6, 6.07) is 0. The van der Waals surface area contributed by atoms with Crippen molar-refractivity contribution in [2.24, 2.45) is 17.8 Å². The van der Waals surface area contributed by atoms with Crippen molar-refractivity contribution >= 4 is 70.7 Å². The number of nitrogens with zero attached hydrogens (tertiary/aromatic N) is 4. The number of fused-ring (bicyclic) bond motifs is 7. The van der Waals surface area contributed by atoms with E-state index in [9.17, 15) is 14.4 Å². The number of methoxy groups -OCH3 is 1. The molecule has 3 aliphatic rings. The van der Waals surface area contributed by atoms with Crippen LogP contribution in [-0.4, -0.2) is 54.5 Å². The normalized spacial score (nSPS) is 23.7. The topological polar surface area (TPSA) is 126 Å². The molecule has 9 nitrogen and oxygen atoms in total. The van der Waals surface area contributed by atoms with Crippen LogP contribution in [0.25, 0.3) is 35.2 Å². The molecule has 46 heavy (non-hydrogen) atoms. The fourth-order valence-corrected chi connectivity index (χ4v) is 6.78. The van der Waals surface area contributed by atoms with Gasteiger partial charge in [-0.25, -0.2) is 0 Å². The van der Waals surface area contributed by atoms with E-state index in [0.717, 1.165) is 50.0 Å². The number of rotatable bonds is 6. The van der Waals surface area contributed by atoms with Crippen molar-refractivity contribution < 1.29 is 23.9 Å². The molecule has 234 valence electrons. The van der Waals surface area contributed by atoms with Crippen LogP contribution in [0.3, 0.4) is 0 Å². The minimum absolute atomic E-state index is 0. The smallest absolute Gasteiger partial charge is 0.664 e. The SMILES string of the molecule is C=Cc1c2[n-]c(c1C)/C=C1\[N-]/C(=C3\c4[n-]c(c(C)c4C(=O)[C@@H]3C(=O)OC)/C=c3\[n-]/c(c(C)c3C)=C\2)[C@@H](CCC(=O)OCC)[C@@H]1C.[Mg+2]. The Hall–Kier alpha value is -4.02. The Kier molecular flexibility index (Phi) is 9.16. The molecule has 2 aliphatic heterocycles. The number of hydrogen-bond acceptors (Lipinski definition) is 5. The Morgan fingerprint density at radius 3 is 2.22 bits per heavy atom. The Bertz CT molecular complexity index is 1990. The number of carbonyl (C=O) groups excluding carboxylic acids is 3. The number of hydrogen-bond donors (Lipinski definition) is 0. The van der Waals surface area contributed by atoms with Crippen LogP contribution in [0.15, 0.2) is 18.0 Å². The third-order valence-electron chi connectivity index (χ3n) is 9.54. The third kappa shape index (κ3) is 5.21. The van der Waals surface area contributed by atoms with Gasteiger partial charge in [-0.3, -0.25) is 14.4 Å². The summed E-state index contributed by atoms with van der Waals surface area (Å²) in [4.78, 5) is 54.7. The van der Waals surface area contributed by atoms with Gasteiger partial charge in [0.1, 0.15) is 5.92 Å². The molecular weight excluding hydrogens is 593 g/mol. The maximum atomic E-state index is 14.0. The molecule has 10 heteroatoms. The maximum absolute atomic E-state index is 14.0. The zero-order valence-electron chi connectivity index (χ0n) is 27.4. The molecule has 6 rings (SSSR count). The van der Waals surface area contributed by atoms with Crippen molar-refractivity contribution in [2.45, 2.75) is 54.4 Å². The van der Waals surface area contributed by atoms with Crippen molar-refractivity contribution in [2.75, 3.05) is 13.7 Å². The number of Topliss-reactive ketones (excluding diaryl/α,β-unsaturated/α-hetero) is 1. The number of carbonyl (C=O) groups is 3. The van der Waals surface area contributed by atoms with Crippen LogP contribution in [0.1, 0.15) is 87.6 Å². The second kappa shape index (κ2) is 12.6. The Morgan fingerprint density at radius 2 is 1.59 bits per heavy atom. The standard InChI is InChI=1S/C36H37N4O5.Mg/c1-9-21-18(5)25-14-26-19(6)22(11-12-29(41)45-10-2)33(39-26)31-32(36(43)44-8)35(42)30-20(7)27(40-34(30)31)13-23-16(3)17(4)24(37-23)15-28(21)38-25;/h9,13-15,19,22,32H,1,10-12H2,2-8H3,(H-,39,40,42);/q-3;+2/p-1/b23-13-,24-15-,26-14-;/t19-,22-,32+;/m0./s1. The van der Waals surface area contributed by atoms with Gasteiger partial charge in [-0.2, -0.15) is 11.4 Å². The minimum atomic E-state index is -1.20. The molecule has 3 aromatic heterocycles. The first-order chi connectivity index (χ1) is 21.5. The number of aromatic nitrogens is 3. The van der Waals surface area contributed by atoms with Gasteiger partial charge in [0.15, 0.2) is 5.78 Å². The van der Waals surface area contributed by atoms with E-state index >= 15 is 0 Å². The number of allylic oxidation sites excluding steroid dienone is 2. The van der Waals surface area contributed by atoms with Gasteiger partial charge in [-0.1, -0.05) is 65.6 Å². The summed E-state index contributed by atoms with van der Waals surface area (Å²) >= 11 is 0. The zero-order valence-corrected chi connectivity index (χ0v) is 28.8. The molecule has 5 heterocycles. The average Bonchev–Trinajstić information content (AvgIpc) is 3.74. The van der Waals surface area contributed by atoms with E-state index in [4.69, 9.17) is 29.7 Å². The minimum Gasteiger partial charge on any atom is -0.664 e. The quantitative estimate of drug-likeness (QED) is 0.230. The van der Waals surface area contributed by atoms with E-state index in [1.807, 2.05) is 52.8 Å². The molecule has 0 saturated carbocycles. The molecule has 1 aliphatic carbocycles. The Labute approximate surface area is 284 Å². The molecule has 8 bridgehead atoms. The van der Waals surface area contributed by atoms with Crippen molar-refractivity contribution in [1.82, 2.24) is 15.0 Å². The number of ether oxygens (including phenoxy) is 2. The fraction of sp³-hybridized carbons (Fsp3) is 0.361. The Morgan fingerprint density at radius 1 is 0.935 bits per heavy atom. The number of esters is 2. The van der Waals surface area contributed by atoms with Gasteiger partial charge in [0.05, 0.1) is 13.7 Å². The molecule has 3 aromatic rings. The van der Waals surface area contributed by atoms with E-state index in [0.29, 0.717) is 40.2 Å². The molecule has 0 unspecified atom stereocenters. The molecule has 0 spiro atoms. The van der Waals surface area contributed by atoms with Gasteiger partial charge < -0.3 is 29.7 Å². The second-order valence-electron chi connectivity index (χ2n) is 11.9. The predicted molar refractivity (Wildman–Crippen MR) is 177 cm³/mol. The van der Waals surface area contributed by atoms with Crippen molar-refractivity contribution in [3.63, 3.8) is 0 Å². The molecule has 1 fully saturated rings. The van der Waals surface area contributed by atoms with Gasteiger partial charge >= 0.3 is 35.0 Å². The average molecular weight is 629 g/mol. The van der Waals surface area contributed by atoms with Crippen molar-refractivity contribution in [3.8, 4) is 0 Å². The van der Waals surface area contributed by atoms with E-state index in [1.165, 1.54) is 7.11 Å².